The lowest BCUT2D eigenvalue weighted by Gasteiger charge is -2.31. The summed E-state index contributed by atoms with van der Waals surface area (Å²) < 4.78 is 0. The van der Waals surface area contributed by atoms with Crippen LogP contribution in [0.15, 0.2) is 0 Å². The monoisotopic (exact) mass is 336 g/mol. The van der Waals surface area contributed by atoms with Crippen molar-refractivity contribution in [2.45, 2.75) is 89.5 Å². The van der Waals surface area contributed by atoms with E-state index in [-0.39, 0.29) is 11.8 Å². The maximum Gasteiger partial charge on any atom is 0.225 e. The lowest BCUT2D eigenvalue weighted by Crippen LogP contribution is -2.38. The van der Waals surface area contributed by atoms with Crippen molar-refractivity contribution in [1.29, 1.82) is 0 Å². The van der Waals surface area contributed by atoms with Crippen molar-refractivity contribution >= 4 is 11.8 Å². The van der Waals surface area contributed by atoms with Gasteiger partial charge in [0.15, 0.2) is 0 Å². The van der Waals surface area contributed by atoms with Gasteiger partial charge in [-0.25, -0.2) is 0 Å². The Bertz CT molecular complexity index is 398. The van der Waals surface area contributed by atoms with Crippen LogP contribution in [0.1, 0.15) is 83.5 Å². The molecule has 0 aromatic heterocycles. The maximum absolute atomic E-state index is 12.4. The van der Waals surface area contributed by atoms with E-state index in [1.54, 1.807) is 0 Å². The predicted molar refractivity (Wildman–Crippen MR) is 97.7 cm³/mol. The predicted octanol–water partition coefficient (Wildman–Crippen LogP) is 3.99. The fourth-order valence-corrected chi connectivity index (χ4v) is 4.24. The molecule has 0 spiro atoms. The Kier molecular flexibility index (Phi) is 8.07. The number of carbonyl (C=O) groups excluding carboxylic acids is 2. The highest BCUT2D eigenvalue weighted by Gasteiger charge is 2.24. The van der Waals surface area contributed by atoms with Crippen LogP contribution >= 0.6 is 0 Å². The van der Waals surface area contributed by atoms with Gasteiger partial charge in [0, 0.05) is 39.0 Å². The number of unbranched alkanes of at least 4 members (excludes halogenated alkanes) is 1. The Balaban J connectivity index is 1.60. The third-order valence-corrected chi connectivity index (χ3v) is 5.98. The van der Waals surface area contributed by atoms with Crippen molar-refractivity contribution < 1.29 is 9.59 Å². The molecule has 0 bridgehead atoms. The topological polar surface area (TPSA) is 40.6 Å². The van der Waals surface area contributed by atoms with Gasteiger partial charge in [-0.3, -0.25) is 9.59 Å². The van der Waals surface area contributed by atoms with E-state index in [2.05, 4.69) is 0 Å². The van der Waals surface area contributed by atoms with E-state index < -0.39 is 0 Å². The summed E-state index contributed by atoms with van der Waals surface area (Å²) in [5.41, 5.74) is 0. The van der Waals surface area contributed by atoms with Crippen molar-refractivity contribution in [2.75, 3.05) is 20.6 Å². The van der Waals surface area contributed by atoms with Crippen LogP contribution in [-0.4, -0.2) is 48.3 Å². The molecule has 4 heteroatoms. The number of carbonyl (C=O) groups is 2. The van der Waals surface area contributed by atoms with E-state index in [1.165, 1.54) is 51.4 Å². The fraction of sp³-hybridized carbons (Fsp3) is 0.900. The van der Waals surface area contributed by atoms with Gasteiger partial charge in [-0.05, 0) is 38.5 Å². The van der Waals surface area contributed by atoms with Crippen LogP contribution < -0.4 is 0 Å². The second-order valence-corrected chi connectivity index (χ2v) is 7.85. The smallest absolute Gasteiger partial charge is 0.225 e. The molecule has 2 amide bonds. The van der Waals surface area contributed by atoms with Gasteiger partial charge in [-0.15, -0.1) is 0 Å². The molecule has 2 aliphatic carbocycles. The van der Waals surface area contributed by atoms with Crippen molar-refractivity contribution in [3.8, 4) is 0 Å². The molecule has 2 saturated carbocycles. The molecule has 138 valence electrons. The van der Waals surface area contributed by atoms with Gasteiger partial charge in [-0.2, -0.15) is 0 Å². The molecule has 2 fully saturated rings. The molecular weight excluding hydrogens is 300 g/mol. The van der Waals surface area contributed by atoms with Gasteiger partial charge in [0.05, 0.1) is 0 Å². The fourth-order valence-electron chi connectivity index (χ4n) is 4.24. The molecular formula is C20H36N2O2. The number of hydrogen-bond acceptors (Lipinski definition) is 2. The van der Waals surface area contributed by atoms with Crippen LogP contribution in [0.2, 0.25) is 0 Å². The molecule has 0 saturated heterocycles. The minimum absolute atomic E-state index is 0.253. The van der Waals surface area contributed by atoms with E-state index in [1.807, 2.05) is 23.9 Å². The zero-order valence-electron chi connectivity index (χ0n) is 15.8. The molecule has 0 atom stereocenters. The van der Waals surface area contributed by atoms with Crippen LogP contribution in [0.25, 0.3) is 0 Å². The molecule has 0 aliphatic heterocycles. The summed E-state index contributed by atoms with van der Waals surface area (Å²) in [7, 11) is 3.89. The third kappa shape index (κ3) is 5.78. The Hall–Kier alpha value is -1.06. The van der Waals surface area contributed by atoms with E-state index in [4.69, 9.17) is 0 Å². The van der Waals surface area contributed by atoms with Gasteiger partial charge >= 0.3 is 0 Å². The second-order valence-electron chi connectivity index (χ2n) is 7.85. The highest BCUT2D eigenvalue weighted by atomic mass is 16.2. The first kappa shape index (κ1) is 19.3. The highest BCUT2D eigenvalue weighted by Crippen LogP contribution is 2.25. The number of nitrogens with zero attached hydrogens (tertiary/aromatic N) is 2. The lowest BCUT2D eigenvalue weighted by atomic mass is 9.88. The third-order valence-electron chi connectivity index (χ3n) is 5.98. The molecule has 2 rings (SSSR count). The minimum Gasteiger partial charge on any atom is -0.346 e. The first-order valence-corrected chi connectivity index (χ1v) is 10.1. The maximum atomic E-state index is 12.4. The lowest BCUT2D eigenvalue weighted by molar-refractivity contribution is -0.135. The van der Waals surface area contributed by atoms with Crippen molar-refractivity contribution in [3.05, 3.63) is 0 Å². The van der Waals surface area contributed by atoms with E-state index >= 15 is 0 Å². The van der Waals surface area contributed by atoms with Crippen LogP contribution in [0, 0.1) is 5.92 Å². The SMILES string of the molecule is CN(CCCCC(=O)N(C)C1CCCCC1)C(=O)C1CCCCC1. The molecule has 0 heterocycles. The average Bonchev–Trinajstić information content (AvgIpc) is 2.65. The Morgan fingerprint density at radius 2 is 1.42 bits per heavy atom. The summed E-state index contributed by atoms with van der Waals surface area (Å²) in [6.45, 7) is 0.787. The molecule has 4 nitrogen and oxygen atoms in total. The average molecular weight is 337 g/mol. The molecule has 0 aromatic carbocycles. The largest absolute Gasteiger partial charge is 0.346 e. The standard InChI is InChI=1S/C20H36N2O2/c1-21(20(24)17-11-5-3-6-12-17)16-10-9-15-19(23)22(2)18-13-7-4-8-14-18/h17-18H,3-16H2,1-2H3. The van der Waals surface area contributed by atoms with Gasteiger partial charge in [0.1, 0.15) is 0 Å². The summed E-state index contributed by atoms with van der Waals surface area (Å²) in [5.74, 6) is 0.853. The van der Waals surface area contributed by atoms with Crippen molar-refractivity contribution in [2.24, 2.45) is 5.92 Å². The highest BCUT2D eigenvalue weighted by molar-refractivity contribution is 5.78. The van der Waals surface area contributed by atoms with Gasteiger partial charge < -0.3 is 9.80 Å². The van der Waals surface area contributed by atoms with Gasteiger partial charge in [0.2, 0.25) is 11.8 Å². The molecule has 0 radical (unpaired) electrons. The zero-order valence-corrected chi connectivity index (χ0v) is 15.8. The first-order valence-electron chi connectivity index (χ1n) is 10.1. The quantitative estimate of drug-likeness (QED) is 0.660. The summed E-state index contributed by atoms with van der Waals surface area (Å²) in [6, 6.07) is 0.460. The molecule has 0 N–H and O–H groups in total. The number of amides is 2. The van der Waals surface area contributed by atoms with Crippen LogP contribution in [0.3, 0.4) is 0 Å². The first-order chi connectivity index (χ1) is 11.6. The van der Waals surface area contributed by atoms with Crippen molar-refractivity contribution in [3.63, 3.8) is 0 Å². The summed E-state index contributed by atoms with van der Waals surface area (Å²) in [6.07, 6.45) is 14.4. The van der Waals surface area contributed by atoms with Crippen molar-refractivity contribution in [1.82, 2.24) is 9.80 Å². The van der Waals surface area contributed by atoms with Crippen LogP contribution in [0.4, 0.5) is 0 Å². The molecule has 0 aromatic rings. The Labute approximate surface area is 148 Å². The van der Waals surface area contributed by atoms with E-state index in [0.29, 0.717) is 18.4 Å². The second kappa shape index (κ2) is 10.0. The van der Waals surface area contributed by atoms with Gasteiger partial charge in [-0.1, -0.05) is 38.5 Å². The summed E-state index contributed by atoms with van der Waals surface area (Å²) >= 11 is 0. The normalized spacial score (nSPS) is 19.9. The Morgan fingerprint density at radius 1 is 0.833 bits per heavy atom. The number of rotatable bonds is 7. The summed E-state index contributed by atoms with van der Waals surface area (Å²) in [4.78, 5) is 28.6. The zero-order chi connectivity index (χ0) is 17.4. The minimum atomic E-state index is 0.253. The molecule has 0 unspecified atom stereocenters. The van der Waals surface area contributed by atoms with Crippen LogP contribution in [-0.2, 0) is 9.59 Å². The van der Waals surface area contributed by atoms with E-state index in [0.717, 1.165) is 32.2 Å². The van der Waals surface area contributed by atoms with Gasteiger partial charge in [0.25, 0.3) is 0 Å². The van der Waals surface area contributed by atoms with E-state index in [9.17, 15) is 9.59 Å². The van der Waals surface area contributed by atoms with Crippen LogP contribution in [0.5, 0.6) is 0 Å². The Morgan fingerprint density at radius 3 is 2.04 bits per heavy atom. The number of hydrogen-bond donors (Lipinski definition) is 0. The molecule has 24 heavy (non-hydrogen) atoms. The summed E-state index contributed by atoms with van der Waals surface area (Å²) in [5, 5.41) is 0. The molecule has 2 aliphatic rings.